The molecule has 2 aromatic carbocycles. The molecule has 2 rings (SSSR count). The lowest BCUT2D eigenvalue weighted by Gasteiger charge is -2.11. The van der Waals surface area contributed by atoms with E-state index in [0.717, 1.165) is 15.7 Å². The topological polar surface area (TPSA) is 42.8 Å². The van der Waals surface area contributed by atoms with Gasteiger partial charge in [-0.05, 0) is 64.8 Å². The average Bonchev–Trinajstić information content (AvgIpc) is 2.49. The maximum Gasteiger partial charge on any atom is 0.174 e. The molecule has 6 heteroatoms. The molecule has 0 radical (unpaired) electrons. The smallest absolute Gasteiger partial charge is 0.174 e. The zero-order valence-electron chi connectivity index (χ0n) is 12.3. The number of nitrogens with one attached hydrogen (secondary N) is 1. The van der Waals surface area contributed by atoms with Gasteiger partial charge in [0.05, 0.1) is 30.1 Å². The Kier molecular flexibility index (Phi) is 6.10. The van der Waals surface area contributed by atoms with E-state index in [2.05, 4.69) is 26.5 Å². The molecule has 0 aromatic heterocycles. The van der Waals surface area contributed by atoms with Crippen molar-refractivity contribution in [3.63, 3.8) is 0 Å². The quantitative estimate of drug-likeness (QED) is 0.566. The number of benzene rings is 2. The molecule has 0 heterocycles. The first-order chi connectivity index (χ1) is 10.6. The Morgan fingerprint density at radius 2 is 2.00 bits per heavy atom. The first-order valence-corrected chi connectivity index (χ1v) is 7.86. The van der Waals surface area contributed by atoms with Gasteiger partial charge < -0.3 is 9.47 Å². The maximum atomic E-state index is 5.84. The van der Waals surface area contributed by atoms with Gasteiger partial charge in [0.2, 0.25) is 0 Å². The van der Waals surface area contributed by atoms with Crippen LogP contribution in [-0.4, -0.2) is 19.9 Å². The highest BCUT2D eigenvalue weighted by atomic mass is 79.9. The molecule has 0 saturated carbocycles. The molecule has 2 aromatic rings. The van der Waals surface area contributed by atoms with E-state index >= 15 is 0 Å². The summed E-state index contributed by atoms with van der Waals surface area (Å²) in [5.41, 5.74) is 4.69. The van der Waals surface area contributed by atoms with Crippen molar-refractivity contribution in [2.75, 3.05) is 19.1 Å². The predicted octanol–water partition coefficient (Wildman–Crippen LogP) is 4.96. The summed E-state index contributed by atoms with van der Waals surface area (Å²) in [7, 11) is 1.61. The van der Waals surface area contributed by atoms with Gasteiger partial charge in [0.15, 0.2) is 11.5 Å². The van der Waals surface area contributed by atoms with E-state index in [0.29, 0.717) is 23.1 Å². The Hall–Kier alpha value is -1.72. The minimum Gasteiger partial charge on any atom is -0.492 e. The summed E-state index contributed by atoms with van der Waals surface area (Å²) in [6, 6.07) is 11.1. The SMILES string of the molecule is CCOc1cc(/C=N/Nc2ccc(Cl)cc2)cc(Br)c1OC. The Morgan fingerprint density at radius 3 is 2.64 bits per heavy atom. The molecule has 22 heavy (non-hydrogen) atoms. The number of nitrogens with zero attached hydrogens (tertiary/aromatic N) is 1. The summed E-state index contributed by atoms with van der Waals surface area (Å²) in [5, 5.41) is 4.89. The van der Waals surface area contributed by atoms with Crippen molar-refractivity contribution in [1.29, 1.82) is 0 Å². The van der Waals surface area contributed by atoms with Gasteiger partial charge in [0, 0.05) is 5.02 Å². The summed E-state index contributed by atoms with van der Waals surface area (Å²) < 4.78 is 11.7. The molecule has 0 unspecified atom stereocenters. The van der Waals surface area contributed by atoms with E-state index in [9.17, 15) is 0 Å². The summed E-state index contributed by atoms with van der Waals surface area (Å²) in [6.07, 6.45) is 1.71. The van der Waals surface area contributed by atoms with Crippen LogP contribution in [0.5, 0.6) is 11.5 Å². The number of methoxy groups -OCH3 is 1. The monoisotopic (exact) mass is 382 g/mol. The van der Waals surface area contributed by atoms with Crippen LogP contribution in [0.1, 0.15) is 12.5 Å². The van der Waals surface area contributed by atoms with Crippen LogP contribution < -0.4 is 14.9 Å². The Labute approximate surface area is 143 Å². The van der Waals surface area contributed by atoms with E-state index in [4.69, 9.17) is 21.1 Å². The summed E-state index contributed by atoms with van der Waals surface area (Å²) in [5.74, 6) is 1.34. The Morgan fingerprint density at radius 1 is 1.27 bits per heavy atom. The van der Waals surface area contributed by atoms with Crippen molar-refractivity contribution in [2.24, 2.45) is 5.10 Å². The van der Waals surface area contributed by atoms with Crippen LogP contribution in [0.4, 0.5) is 5.69 Å². The van der Waals surface area contributed by atoms with Gasteiger partial charge in [-0.3, -0.25) is 5.43 Å². The first-order valence-electron chi connectivity index (χ1n) is 6.69. The van der Waals surface area contributed by atoms with E-state index < -0.39 is 0 Å². The third kappa shape index (κ3) is 4.39. The molecule has 0 bridgehead atoms. The van der Waals surface area contributed by atoms with Crippen molar-refractivity contribution < 1.29 is 9.47 Å². The highest BCUT2D eigenvalue weighted by Crippen LogP contribution is 2.36. The third-order valence-electron chi connectivity index (χ3n) is 2.79. The molecular weight excluding hydrogens is 368 g/mol. The molecule has 0 aliphatic heterocycles. The number of hydrazone groups is 1. The second-order valence-electron chi connectivity index (χ2n) is 4.34. The van der Waals surface area contributed by atoms with Gasteiger partial charge in [0.25, 0.3) is 0 Å². The van der Waals surface area contributed by atoms with Crippen LogP contribution >= 0.6 is 27.5 Å². The summed E-state index contributed by atoms with van der Waals surface area (Å²) in [6.45, 7) is 2.49. The van der Waals surface area contributed by atoms with E-state index in [-0.39, 0.29) is 0 Å². The minimum atomic E-state index is 0.562. The number of halogens is 2. The second-order valence-corrected chi connectivity index (χ2v) is 5.63. The van der Waals surface area contributed by atoms with E-state index in [1.807, 2.05) is 31.2 Å². The van der Waals surface area contributed by atoms with E-state index in [1.54, 1.807) is 25.5 Å². The van der Waals surface area contributed by atoms with Gasteiger partial charge in [-0.15, -0.1) is 0 Å². The third-order valence-corrected chi connectivity index (χ3v) is 3.63. The fourth-order valence-electron chi connectivity index (χ4n) is 1.83. The average molecular weight is 384 g/mol. The standard InChI is InChI=1S/C16H16BrClN2O2/c1-3-22-15-9-11(8-14(17)16(15)21-2)10-19-20-13-6-4-12(18)5-7-13/h4-10,20H,3H2,1-2H3/b19-10+. The van der Waals surface area contributed by atoms with Crippen LogP contribution in [0, 0.1) is 0 Å². The summed E-state index contributed by atoms with van der Waals surface area (Å²) >= 11 is 9.31. The maximum absolute atomic E-state index is 5.84. The fraction of sp³-hybridized carbons (Fsp3) is 0.188. The number of hydrogen-bond donors (Lipinski definition) is 1. The van der Waals surface area contributed by atoms with Crippen molar-refractivity contribution in [3.8, 4) is 11.5 Å². The van der Waals surface area contributed by atoms with E-state index in [1.165, 1.54) is 0 Å². The highest BCUT2D eigenvalue weighted by Gasteiger charge is 2.10. The lowest BCUT2D eigenvalue weighted by atomic mass is 10.2. The predicted molar refractivity (Wildman–Crippen MR) is 94.5 cm³/mol. The lowest BCUT2D eigenvalue weighted by Crippen LogP contribution is -1.98. The van der Waals surface area contributed by atoms with Crippen molar-refractivity contribution in [1.82, 2.24) is 0 Å². The summed E-state index contributed by atoms with van der Waals surface area (Å²) in [4.78, 5) is 0. The molecule has 0 amide bonds. The zero-order chi connectivity index (χ0) is 15.9. The normalized spacial score (nSPS) is 10.7. The largest absolute Gasteiger partial charge is 0.492 e. The highest BCUT2D eigenvalue weighted by molar-refractivity contribution is 9.10. The molecule has 0 spiro atoms. The number of anilines is 1. The van der Waals surface area contributed by atoms with Crippen LogP contribution in [0.3, 0.4) is 0 Å². The molecule has 4 nitrogen and oxygen atoms in total. The number of hydrogen-bond acceptors (Lipinski definition) is 4. The van der Waals surface area contributed by atoms with Crippen LogP contribution in [0.2, 0.25) is 5.02 Å². The van der Waals surface area contributed by atoms with Gasteiger partial charge >= 0.3 is 0 Å². The van der Waals surface area contributed by atoms with Crippen LogP contribution in [0.15, 0.2) is 46.0 Å². The van der Waals surface area contributed by atoms with Gasteiger partial charge in [0.1, 0.15) is 0 Å². The van der Waals surface area contributed by atoms with Crippen LogP contribution in [0.25, 0.3) is 0 Å². The number of ether oxygens (including phenoxy) is 2. The zero-order valence-corrected chi connectivity index (χ0v) is 14.6. The minimum absolute atomic E-state index is 0.562. The van der Waals surface area contributed by atoms with Gasteiger partial charge in [-0.2, -0.15) is 5.10 Å². The molecule has 0 fully saturated rings. The molecular formula is C16H16BrClN2O2. The molecule has 1 N–H and O–H groups in total. The van der Waals surface area contributed by atoms with Crippen molar-refractivity contribution in [3.05, 3.63) is 51.5 Å². The Bertz CT molecular complexity index is 660. The molecule has 0 aliphatic rings. The van der Waals surface area contributed by atoms with Gasteiger partial charge in [-0.1, -0.05) is 11.6 Å². The molecule has 116 valence electrons. The molecule has 0 atom stereocenters. The molecule has 0 aliphatic carbocycles. The van der Waals surface area contributed by atoms with Crippen molar-refractivity contribution in [2.45, 2.75) is 6.92 Å². The lowest BCUT2D eigenvalue weighted by molar-refractivity contribution is 0.310. The fourth-order valence-corrected chi connectivity index (χ4v) is 2.58. The first kappa shape index (κ1) is 16.6. The second kappa shape index (κ2) is 8.06. The Balaban J connectivity index is 2.14. The van der Waals surface area contributed by atoms with Gasteiger partial charge in [-0.25, -0.2) is 0 Å². The number of rotatable bonds is 6. The van der Waals surface area contributed by atoms with Crippen molar-refractivity contribution >= 4 is 39.4 Å². The molecule has 0 saturated heterocycles. The van der Waals surface area contributed by atoms with Crippen LogP contribution in [-0.2, 0) is 0 Å².